The monoisotopic (exact) mass is 286 g/mol. The van der Waals surface area contributed by atoms with Crippen LogP contribution >= 0.6 is 15.9 Å². The Labute approximate surface area is 104 Å². The number of aliphatic hydroxyl groups excluding tert-OH is 1. The molecule has 0 spiro atoms. The summed E-state index contributed by atoms with van der Waals surface area (Å²) in [7, 11) is 0. The first-order valence-electron chi connectivity index (χ1n) is 5.79. The molecule has 1 aromatic rings. The van der Waals surface area contributed by atoms with E-state index in [1.165, 1.54) is 18.9 Å². The van der Waals surface area contributed by atoms with Crippen LogP contribution in [0.15, 0.2) is 22.7 Å². The molecule has 1 aliphatic rings. The van der Waals surface area contributed by atoms with Crippen molar-refractivity contribution in [1.29, 1.82) is 0 Å². The van der Waals surface area contributed by atoms with E-state index in [9.17, 15) is 9.50 Å². The standard InChI is InChI=1S/C13H16BrFO/c14-12-7-6-11(15)8-10(12)2-1-3-13(16)9-4-5-9/h6-9,13,16H,1-5H2. The molecule has 1 aliphatic carbocycles. The minimum atomic E-state index is -0.194. The van der Waals surface area contributed by atoms with Gasteiger partial charge in [0.2, 0.25) is 0 Å². The molecule has 0 amide bonds. The number of hydrogen-bond acceptors (Lipinski definition) is 1. The van der Waals surface area contributed by atoms with Gasteiger partial charge in [0.1, 0.15) is 5.82 Å². The number of aliphatic hydroxyl groups is 1. The molecule has 1 fully saturated rings. The Morgan fingerprint density at radius 1 is 1.44 bits per heavy atom. The fraction of sp³-hybridized carbons (Fsp3) is 0.538. The van der Waals surface area contributed by atoms with Gasteiger partial charge in [-0.05, 0) is 61.8 Å². The average Bonchev–Trinajstić information content (AvgIpc) is 3.06. The number of hydrogen-bond donors (Lipinski definition) is 1. The maximum absolute atomic E-state index is 13.0. The Morgan fingerprint density at radius 3 is 2.88 bits per heavy atom. The minimum Gasteiger partial charge on any atom is -0.393 e. The molecule has 0 aliphatic heterocycles. The highest BCUT2D eigenvalue weighted by molar-refractivity contribution is 9.10. The quantitative estimate of drug-likeness (QED) is 0.875. The van der Waals surface area contributed by atoms with Crippen LogP contribution in [0.3, 0.4) is 0 Å². The van der Waals surface area contributed by atoms with Crippen molar-refractivity contribution < 1.29 is 9.50 Å². The van der Waals surface area contributed by atoms with Crippen LogP contribution in [0.5, 0.6) is 0 Å². The van der Waals surface area contributed by atoms with Crippen LogP contribution in [0.2, 0.25) is 0 Å². The lowest BCUT2D eigenvalue weighted by atomic mass is 10.0. The van der Waals surface area contributed by atoms with E-state index < -0.39 is 0 Å². The number of benzene rings is 1. The van der Waals surface area contributed by atoms with Gasteiger partial charge in [-0.25, -0.2) is 4.39 Å². The first-order chi connectivity index (χ1) is 7.66. The summed E-state index contributed by atoms with van der Waals surface area (Å²) in [5.74, 6) is 0.344. The van der Waals surface area contributed by atoms with Crippen LogP contribution < -0.4 is 0 Å². The normalized spacial score (nSPS) is 17.4. The van der Waals surface area contributed by atoms with Crippen molar-refractivity contribution in [2.24, 2.45) is 5.92 Å². The average molecular weight is 287 g/mol. The molecular formula is C13H16BrFO. The van der Waals surface area contributed by atoms with Crippen molar-refractivity contribution in [1.82, 2.24) is 0 Å². The van der Waals surface area contributed by atoms with Crippen molar-refractivity contribution in [2.45, 2.75) is 38.2 Å². The van der Waals surface area contributed by atoms with E-state index in [2.05, 4.69) is 15.9 Å². The zero-order chi connectivity index (χ0) is 11.5. The fourth-order valence-corrected chi connectivity index (χ4v) is 2.40. The zero-order valence-corrected chi connectivity index (χ0v) is 10.7. The Morgan fingerprint density at radius 2 is 2.19 bits per heavy atom. The second kappa shape index (κ2) is 5.28. The van der Waals surface area contributed by atoms with Gasteiger partial charge in [-0.2, -0.15) is 0 Å². The van der Waals surface area contributed by atoms with Crippen LogP contribution in [0.4, 0.5) is 4.39 Å². The molecule has 1 N–H and O–H groups in total. The molecule has 1 atom stereocenters. The van der Waals surface area contributed by atoms with Gasteiger partial charge in [-0.3, -0.25) is 0 Å². The van der Waals surface area contributed by atoms with E-state index in [0.29, 0.717) is 5.92 Å². The van der Waals surface area contributed by atoms with Crippen molar-refractivity contribution in [3.05, 3.63) is 34.1 Å². The third-order valence-corrected chi connectivity index (χ3v) is 3.89. The fourth-order valence-electron chi connectivity index (χ4n) is 1.95. The molecule has 2 rings (SSSR count). The molecule has 16 heavy (non-hydrogen) atoms. The van der Waals surface area contributed by atoms with E-state index in [1.807, 2.05) is 0 Å². The van der Waals surface area contributed by atoms with Crippen LogP contribution in [0.1, 0.15) is 31.2 Å². The van der Waals surface area contributed by atoms with Gasteiger partial charge in [-0.15, -0.1) is 0 Å². The minimum absolute atomic E-state index is 0.146. The van der Waals surface area contributed by atoms with E-state index in [-0.39, 0.29) is 11.9 Å². The molecule has 1 aromatic carbocycles. The lowest BCUT2D eigenvalue weighted by Crippen LogP contribution is -2.09. The highest BCUT2D eigenvalue weighted by Crippen LogP contribution is 2.34. The third kappa shape index (κ3) is 3.29. The van der Waals surface area contributed by atoms with Crippen LogP contribution in [-0.2, 0) is 6.42 Å². The SMILES string of the molecule is OC(CCCc1cc(F)ccc1Br)C1CC1. The Kier molecular flexibility index (Phi) is 3.98. The molecule has 0 radical (unpaired) electrons. The molecule has 88 valence electrons. The lowest BCUT2D eigenvalue weighted by Gasteiger charge is -2.09. The van der Waals surface area contributed by atoms with Crippen molar-refractivity contribution in [3.8, 4) is 0 Å². The van der Waals surface area contributed by atoms with Crippen molar-refractivity contribution >= 4 is 15.9 Å². The summed E-state index contributed by atoms with van der Waals surface area (Å²) >= 11 is 3.41. The van der Waals surface area contributed by atoms with Crippen LogP contribution in [-0.4, -0.2) is 11.2 Å². The molecule has 1 nitrogen and oxygen atoms in total. The first kappa shape index (κ1) is 12.1. The smallest absolute Gasteiger partial charge is 0.123 e. The van der Waals surface area contributed by atoms with Gasteiger partial charge in [0, 0.05) is 4.47 Å². The number of halogens is 2. The predicted octanol–water partition coefficient (Wildman–Crippen LogP) is 3.68. The van der Waals surface area contributed by atoms with Crippen molar-refractivity contribution in [3.63, 3.8) is 0 Å². The van der Waals surface area contributed by atoms with Crippen LogP contribution in [0.25, 0.3) is 0 Å². The Balaban J connectivity index is 1.81. The summed E-state index contributed by atoms with van der Waals surface area (Å²) in [5.41, 5.74) is 0.989. The van der Waals surface area contributed by atoms with E-state index in [4.69, 9.17) is 0 Å². The number of aryl methyl sites for hydroxylation is 1. The highest BCUT2D eigenvalue weighted by Gasteiger charge is 2.28. The Bertz CT molecular complexity index is 363. The maximum atomic E-state index is 13.0. The summed E-state index contributed by atoms with van der Waals surface area (Å²) in [5, 5.41) is 9.71. The summed E-state index contributed by atoms with van der Waals surface area (Å²) in [6.45, 7) is 0. The van der Waals surface area contributed by atoms with Gasteiger partial charge < -0.3 is 5.11 Å². The second-order valence-electron chi connectivity index (χ2n) is 4.53. The van der Waals surface area contributed by atoms with E-state index in [1.54, 1.807) is 12.1 Å². The predicted molar refractivity (Wildman–Crippen MR) is 65.8 cm³/mol. The summed E-state index contributed by atoms with van der Waals surface area (Å²) < 4.78 is 14.0. The largest absolute Gasteiger partial charge is 0.393 e. The first-order valence-corrected chi connectivity index (χ1v) is 6.58. The van der Waals surface area contributed by atoms with Crippen molar-refractivity contribution in [2.75, 3.05) is 0 Å². The topological polar surface area (TPSA) is 20.2 Å². The van der Waals surface area contributed by atoms with Gasteiger partial charge >= 0.3 is 0 Å². The third-order valence-electron chi connectivity index (χ3n) is 3.12. The molecule has 1 unspecified atom stereocenters. The molecule has 0 saturated heterocycles. The highest BCUT2D eigenvalue weighted by atomic mass is 79.9. The van der Waals surface area contributed by atoms with E-state index in [0.717, 1.165) is 29.3 Å². The van der Waals surface area contributed by atoms with Gasteiger partial charge in [0.05, 0.1) is 6.10 Å². The Hall–Kier alpha value is -0.410. The summed E-state index contributed by atoms with van der Waals surface area (Å²) in [4.78, 5) is 0. The number of rotatable bonds is 5. The second-order valence-corrected chi connectivity index (χ2v) is 5.39. The molecule has 3 heteroatoms. The molecule has 0 bridgehead atoms. The summed E-state index contributed by atoms with van der Waals surface area (Å²) in [6, 6.07) is 4.75. The van der Waals surface area contributed by atoms with Gasteiger partial charge in [0.25, 0.3) is 0 Å². The molecule has 1 saturated carbocycles. The van der Waals surface area contributed by atoms with Crippen LogP contribution in [0, 0.1) is 11.7 Å². The van der Waals surface area contributed by atoms with Gasteiger partial charge in [0.15, 0.2) is 0 Å². The zero-order valence-electron chi connectivity index (χ0n) is 9.13. The van der Waals surface area contributed by atoms with Gasteiger partial charge in [-0.1, -0.05) is 15.9 Å². The molecular weight excluding hydrogens is 271 g/mol. The maximum Gasteiger partial charge on any atom is 0.123 e. The summed E-state index contributed by atoms with van der Waals surface area (Å²) in [6.07, 6.45) is 4.76. The van der Waals surface area contributed by atoms with E-state index >= 15 is 0 Å². The molecule has 0 aromatic heterocycles. The lowest BCUT2D eigenvalue weighted by molar-refractivity contribution is 0.139. The molecule has 0 heterocycles.